The monoisotopic (exact) mass is 483 g/mol. The lowest BCUT2D eigenvalue weighted by Crippen LogP contribution is -2.32. The second-order valence-corrected chi connectivity index (χ2v) is 9.32. The minimum absolute atomic E-state index is 0.0671. The fourth-order valence-electron chi connectivity index (χ4n) is 4.27. The van der Waals surface area contributed by atoms with Gasteiger partial charge in [-0.15, -0.1) is 0 Å². The molecule has 1 aliphatic carbocycles. The molecule has 1 heterocycles. The Hall–Kier alpha value is -3.36. The third-order valence-electron chi connectivity index (χ3n) is 5.80. The Morgan fingerprint density at radius 2 is 1.88 bits per heavy atom. The number of rotatable bonds is 3. The molecule has 0 saturated carbocycles. The first kappa shape index (κ1) is 25.3. The number of primary amides is 1. The van der Waals surface area contributed by atoms with Crippen LogP contribution in [0.15, 0.2) is 48.5 Å². The molecule has 0 spiro atoms. The molecule has 0 aliphatic heterocycles. The van der Waals surface area contributed by atoms with E-state index in [1.165, 1.54) is 22.9 Å². The molecule has 2 aromatic carbocycles. The minimum Gasteiger partial charge on any atom is -0.393 e. The second-order valence-electron chi connectivity index (χ2n) is 8.89. The van der Waals surface area contributed by atoms with Crippen LogP contribution in [-0.4, -0.2) is 40.0 Å². The summed E-state index contributed by atoms with van der Waals surface area (Å²) in [5.74, 6) is 0.0481. The van der Waals surface area contributed by atoms with E-state index in [9.17, 15) is 14.7 Å². The lowest BCUT2D eigenvalue weighted by atomic mass is 9.72. The maximum Gasteiger partial charge on any atom is 0.317 e. The number of carbonyl (C=O) groups is 2. The number of benzene rings is 2. The van der Waals surface area contributed by atoms with Gasteiger partial charge in [0.2, 0.25) is 0 Å². The van der Waals surface area contributed by atoms with Gasteiger partial charge in [-0.1, -0.05) is 49.7 Å². The van der Waals surface area contributed by atoms with Crippen LogP contribution in [0.25, 0.3) is 5.69 Å². The SMILES string of the molecule is CC1(C)CC(O)Cc2cc(Cl)ccc21.CNC(=O)c1nn(-c2ccccc2)c(NC(N)=O)c1C. The van der Waals surface area contributed by atoms with Gasteiger partial charge in [-0.05, 0) is 60.6 Å². The number of amides is 3. The van der Waals surface area contributed by atoms with Crippen molar-refractivity contribution in [2.24, 2.45) is 5.73 Å². The minimum atomic E-state index is -0.714. The quantitative estimate of drug-likeness (QED) is 0.450. The highest BCUT2D eigenvalue weighted by molar-refractivity contribution is 6.30. The number of hydrogen-bond donors (Lipinski definition) is 4. The summed E-state index contributed by atoms with van der Waals surface area (Å²) >= 11 is 5.94. The van der Waals surface area contributed by atoms with Crippen molar-refractivity contribution in [1.82, 2.24) is 15.1 Å². The third-order valence-corrected chi connectivity index (χ3v) is 6.04. The van der Waals surface area contributed by atoms with Crippen molar-refractivity contribution in [3.63, 3.8) is 0 Å². The predicted octanol–water partition coefficient (Wildman–Crippen LogP) is 3.96. The molecule has 180 valence electrons. The van der Waals surface area contributed by atoms with Crippen molar-refractivity contribution in [2.75, 3.05) is 12.4 Å². The average Bonchev–Trinajstić information content (AvgIpc) is 3.09. The van der Waals surface area contributed by atoms with E-state index < -0.39 is 6.03 Å². The topological polar surface area (TPSA) is 122 Å². The molecule has 34 heavy (non-hydrogen) atoms. The van der Waals surface area contributed by atoms with E-state index in [0.29, 0.717) is 11.4 Å². The smallest absolute Gasteiger partial charge is 0.317 e. The lowest BCUT2D eigenvalue weighted by Gasteiger charge is -2.35. The molecule has 0 fully saturated rings. The Morgan fingerprint density at radius 1 is 1.21 bits per heavy atom. The molecule has 0 saturated heterocycles. The van der Waals surface area contributed by atoms with Crippen LogP contribution in [0.3, 0.4) is 0 Å². The van der Waals surface area contributed by atoms with E-state index in [1.54, 1.807) is 6.92 Å². The van der Waals surface area contributed by atoms with Crippen LogP contribution in [0, 0.1) is 6.92 Å². The second kappa shape index (κ2) is 10.3. The molecular weight excluding hydrogens is 454 g/mol. The van der Waals surface area contributed by atoms with Gasteiger partial charge in [-0.3, -0.25) is 10.1 Å². The van der Waals surface area contributed by atoms with E-state index in [4.69, 9.17) is 17.3 Å². The molecule has 0 bridgehead atoms. The van der Waals surface area contributed by atoms with Crippen molar-refractivity contribution in [3.8, 4) is 5.69 Å². The number of hydrogen-bond acceptors (Lipinski definition) is 4. The van der Waals surface area contributed by atoms with Crippen LogP contribution in [0.1, 0.15) is 47.4 Å². The molecule has 3 amide bonds. The molecule has 0 radical (unpaired) electrons. The Bertz CT molecular complexity index is 1190. The fourth-order valence-corrected chi connectivity index (χ4v) is 4.46. The van der Waals surface area contributed by atoms with Crippen molar-refractivity contribution < 1.29 is 14.7 Å². The Kier molecular flexibility index (Phi) is 7.64. The van der Waals surface area contributed by atoms with Gasteiger partial charge in [0.1, 0.15) is 5.82 Å². The number of urea groups is 1. The summed E-state index contributed by atoms with van der Waals surface area (Å²) < 4.78 is 1.48. The number of aliphatic hydroxyl groups excluding tert-OH is 1. The van der Waals surface area contributed by atoms with Gasteiger partial charge in [0.25, 0.3) is 5.91 Å². The molecule has 8 nitrogen and oxygen atoms in total. The van der Waals surface area contributed by atoms with Gasteiger partial charge in [0.05, 0.1) is 11.8 Å². The van der Waals surface area contributed by atoms with Gasteiger partial charge in [-0.2, -0.15) is 5.10 Å². The highest BCUT2D eigenvalue weighted by Crippen LogP contribution is 2.37. The number of halogens is 1. The van der Waals surface area contributed by atoms with E-state index in [0.717, 1.165) is 23.6 Å². The maximum atomic E-state index is 11.8. The number of aliphatic hydroxyl groups is 1. The van der Waals surface area contributed by atoms with Crippen molar-refractivity contribution in [1.29, 1.82) is 0 Å². The molecule has 9 heteroatoms. The Labute approximate surface area is 204 Å². The average molecular weight is 484 g/mol. The Balaban J connectivity index is 0.000000202. The molecule has 5 N–H and O–H groups in total. The normalized spacial score (nSPS) is 16.0. The lowest BCUT2D eigenvalue weighted by molar-refractivity contribution is 0.0957. The number of nitrogens with one attached hydrogen (secondary N) is 2. The van der Waals surface area contributed by atoms with Crippen molar-refractivity contribution in [2.45, 2.75) is 45.1 Å². The predicted molar refractivity (Wildman–Crippen MR) is 134 cm³/mol. The van der Waals surface area contributed by atoms with Crippen LogP contribution in [0.4, 0.5) is 10.6 Å². The first-order chi connectivity index (χ1) is 16.0. The zero-order valence-corrected chi connectivity index (χ0v) is 20.5. The first-order valence-electron chi connectivity index (χ1n) is 10.9. The molecule has 4 rings (SSSR count). The summed E-state index contributed by atoms with van der Waals surface area (Å²) in [4.78, 5) is 22.9. The first-order valence-corrected chi connectivity index (χ1v) is 11.3. The molecular formula is C25H30ClN5O3. The van der Waals surface area contributed by atoms with Crippen LogP contribution in [0.2, 0.25) is 5.02 Å². The zero-order valence-electron chi connectivity index (χ0n) is 19.7. The van der Waals surface area contributed by atoms with Gasteiger partial charge in [0.15, 0.2) is 5.69 Å². The van der Waals surface area contributed by atoms with Gasteiger partial charge in [-0.25, -0.2) is 9.48 Å². The standard InChI is InChI=1S/C13H15N5O2.C12H15ClO/c1-8-10(12(19)15-2)17-18(11(8)16-13(14)20)9-6-4-3-5-7-9;1-12(2)7-10(14)6-8-5-9(13)3-4-11(8)12/h3-7H,1-2H3,(H,15,19)(H3,14,16,20);3-5,10,14H,6-7H2,1-2H3. The van der Waals surface area contributed by atoms with Crippen LogP contribution in [0.5, 0.6) is 0 Å². The summed E-state index contributed by atoms with van der Waals surface area (Å²) in [6.07, 6.45) is 1.34. The summed E-state index contributed by atoms with van der Waals surface area (Å²) in [6.45, 7) is 6.03. The van der Waals surface area contributed by atoms with Gasteiger partial charge < -0.3 is 16.2 Å². The number of carbonyl (C=O) groups excluding carboxylic acids is 2. The number of para-hydroxylation sites is 1. The van der Waals surface area contributed by atoms with Crippen molar-refractivity contribution in [3.05, 3.63) is 75.9 Å². The fraction of sp³-hybridized carbons (Fsp3) is 0.320. The third kappa shape index (κ3) is 5.58. The number of fused-ring (bicyclic) bond motifs is 1. The van der Waals surface area contributed by atoms with E-state index in [-0.39, 0.29) is 23.1 Å². The largest absolute Gasteiger partial charge is 0.393 e. The zero-order chi connectivity index (χ0) is 25.0. The molecule has 1 aromatic heterocycles. The number of anilines is 1. The number of aromatic nitrogens is 2. The van der Waals surface area contributed by atoms with Crippen LogP contribution < -0.4 is 16.4 Å². The highest BCUT2D eigenvalue weighted by atomic mass is 35.5. The maximum absolute atomic E-state index is 11.8. The highest BCUT2D eigenvalue weighted by Gasteiger charge is 2.31. The number of nitrogens with zero attached hydrogens (tertiary/aromatic N) is 2. The van der Waals surface area contributed by atoms with Crippen molar-refractivity contribution >= 4 is 29.4 Å². The van der Waals surface area contributed by atoms with Crippen LogP contribution >= 0.6 is 11.6 Å². The van der Waals surface area contributed by atoms with E-state index in [1.807, 2.05) is 42.5 Å². The molecule has 1 aliphatic rings. The molecule has 1 unspecified atom stereocenters. The van der Waals surface area contributed by atoms with Gasteiger partial charge in [0, 0.05) is 17.6 Å². The summed E-state index contributed by atoms with van der Waals surface area (Å²) in [5, 5.41) is 19.7. The van der Waals surface area contributed by atoms with Crippen LogP contribution in [-0.2, 0) is 11.8 Å². The number of nitrogens with two attached hydrogens (primary N) is 1. The Morgan fingerprint density at radius 3 is 2.50 bits per heavy atom. The summed E-state index contributed by atoms with van der Waals surface area (Å²) in [5.41, 5.74) is 9.26. The molecule has 3 aromatic rings. The van der Waals surface area contributed by atoms with E-state index in [2.05, 4.69) is 35.6 Å². The van der Waals surface area contributed by atoms with Gasteiger partial charge >= 0.3 is 6.03 Å². The van der Waals surface area contributed by atoms with E-state index >= 15 is 0 Å². The summed E-state index contributed by atoms with van der Waals surface area (Å²) in [6, 6.07) is 14.4. The molecule has 1 atom stereocenters. The summed E-state index contributed by atoms with van der Waals surface area (Å²) in [7, 11) is 1.52.